The SMILES string of the molecule is COC(=O)[C@H](CC[S@](=O)c1ccccc1)NC(=O)c1cccc(Br)c1. The maximum atomic E-state index is 12.3. The second-order valence-corrected chi connectivity index (χ2v) is 7.70. The Labute approximate surface area is 157 Å². The minimum Gasteiger partial charge on any atom is -0.467 e. The van der Waals surface area contributed by atoms with Gasteiger partial charge in [0, 0.05) is 20.7 Å². The minimum atomic E-state index is -1.25. The number of rotatable bonds is 7. The molecule has 0 radical (unpaired) electrons. The van der Waals surface area contributed by atoms with E-state index in [4.69, 9.17) is 4.74 Å². The first-order valence-corrected chi connectivity index (χ1v) is 9.70. The normalized spacial score (nSPS) is 12.9. The Morgan fingerprint density at radius 3 is 2.52 bits per heavy atom. The third kappa shape index (κ3) is 5.79. The number of hydrogen-bond donors (Lipinski definition) is 1. The van der Waals surface area contributed by atoms with Crippen LogP contribution in [0.5, 0.6) is 0 Å². The molecule has 1 N–H and O–H groups in total. The van der Waals surface area contributed by atoms with E-state index < -0.39 is 22.8 Å². The van der Waals surface area contributed by atoms with E-state index in [1.54, 1.807) is 48.5 Å². The first-order valence-electron chi connectivity index (χ1n) is 7.59. The molecular weight excluding hydrogens is 406 g/mol. The highest BCUT2D eigenvalue weighted by Gasteiger charge is 2.23. The number of esters is 1. The summed E-state index contributed by atoms with van der Waals surface area (Å²) in [5.41, 5.74) is 0.424. The molecule has 0 aliphatic rings. The van der Waals surface area contributed by atoms with E-state index in [-0.39, 0.29) is 18.1 Å². The van der Waals surface area contributed by atoms with Gasteiger partial charge in [0.2, 0.25) is 0 Å². The van der Waals surface area contributed by atoms with Crippen LogP contribution in [0.4, 0.5) is 0 Å². The Bertz CT molecular complexity index is 767. The standard InChI is InChI=1S/C18H18BrNO4S/c1-24-18(22)16(10-11-25(23)15-8-3-2-4-9-15)20-17(21)13-6-5-7-14(19)12-13/h2-9,12,16H,10-11H2,1H3,(H,20,21)/t16-,25-/m0/s1. The number of nitrogens with one attached hydrogen (secondary N) is 1. The predicted molar refractivity (Wildman–Crippen MR) is 99.7 cm³/mol. The highest BCUT2D eigenvalue weighted by Crippen LogP contribution is 2.13. The Balaban J connectivity index is 2.02. The first kappa shape index (κ1) is 19.3. The largest absolute Gasteiger partial charge is 0.467 e. The Kier molecular flexibility index (Phi) is 7.33. The molecule has 0 spiro atoms. The van der Waals surface area contributed by atoms with Crippen molar-refractivity contribution in [1.82, 2.24) is 5.32 Å². The van der Waals surface area contributed by atoms with Crippen molar-refractivity contribution in [3.05, 3.63) is 64.6 Å². The summed E-state index contributed by atoms with van der Waals surface area (Å²) >= 11 is 3.30. The van der Waals surface area contributed by atoms with Gasteiger partial charge < -0.3 is 10.1 Å². The van der Waals surface area contributed by atoms with E-state index in [1.807, 2.05) is 6.07 Å². The lowest BCUT2D eigenvalue weighted by Crippen LogP contribution is -2.42. The molecule has 7 heteroatoms. The Morgan fingerprint density at radius 1 is 1.16 bits per heavy atom. The molecule has 132 valence electrons. The summed E-state index contributed by atoms with van der Waals surface area (Å²) in [6, 6.07) is 15.0. The van der Waals surface area contributed by atoms with Crippen molar-refractivity contribution in [3.63, 3.8) is 0 Å². The summed E-state index contributed by atoms with van der Waals surface area (Å²) in [5, 5.41) is 2.65. The molecule has 1 amide bonds. The van der Waals surface area contributed by atoms with Crippen molar-refractivity contribution in [2.24, 2.45) is 0 Å². The van der Waals surface area contributed by atoms with E-state index >= 15 is 0 Å². The zero-order valence-electron chi connectivity index (χ0n) is 13.6. The van der Waals surface area contributed by atoms with Crippen LogP contribution in [0.3, 0.4) is 0 Å². The van der Waals surface area contributed by atoms with Gasteiger partial charge >= 0.3 is 5.97 Å². The average Bonchev–Trinajstić information content (AvgIpc) is 2.64. The highest BCUT2D eigenvalue weighted by molar-refractivity contribution is 9.10. The van der Waals surface area contributed by atoms with Crippen LogP contribution in [0.25, 0.3) is 0 Å². The zero-order valence-corrected chi connectivity index (χ0v) is 16.0. The number of methoxy groups -OCH3 is 1. The summed E-state index contributed by atoms with van der Waals surface area (Å²) in [7, 11) is 0.00662. The quantitative estimate of drug-likeness (QED) is 0.694. The number of carbonyl (C=O) groups excluding carboxylic acids is 2. The molecule has 2 aromatic rings. The molecule has 0 fully saturated rings. The van der Waals surface area contributed by atoms with Gasteiger partial charge in [0.25, 0.3) is 5.91 Å². The van der Waals surface area contributed by atoms with Gasteiger partial charge in [-0.2, -0.15) is 0 Å². The lowest BCUT2D eigenvalue weighted by molar-refractivity contribution is -0.142. The number of hydrogen-bond acceptors (Lipinski definition) is 4. The average molecular weight is 424 g/mol. The summed E-state index contributed by atoms with van der Waals surface area (Å²) in [6.45, 7) is 0. The fourth-order valence-electron chi connectivity index (χ4n) is 2.18. The number of halogens is 1. The van der Waals surface area contributed by atoms with Crippen LogP contribution in [-0.4, -0.2) is 35.0 Å². The van der Waals surface area contributed by atoms with Crippen LogP contribution >= 0.6 is 15.9 Å². The summed E-state index contributed by atoms with van der Waals surface area (Å²) in [6.07, 6.45) is 0.216. The van der Waals surface area contributed by atoms with E-state index in [9.17, 15) is 13.8 Å². The van der Waals surface area contributed by atoms with Crippen molar-refractivity contribution < 1.29 is 18.5 Å². The van der Waals surface area contributed by atoms with Crippen molar-refractivity contribution in [2.75, 3.05) is 12.9 Å². The zero-order chi connectivity index (χ0) is 18.2. The van der Waals surface area contributed by atoms with Gasteiger partial charge in [-0.05, 0) is 36.8 Å². The molecule has 0 unspecified atom stereocenters. The van der Waals surface area contributed by atoms with Gasteiger partial charge in [-0.3, -0.25) is 9.00 Å². The smallest absolute Gasteiger partial charge is 0.328 e. The molecule has 0 saturated heterocycles. The van der Waals surface area contributed by atoms with Gasteiger partial charge in [-0.15, -0.1) is 0 Å². The molecule has 2 atom stereocenters. The van der Waals surface area contributed by atoms with Crippen LogP contribution < -0.4 is 5.32 Å². The van der Waals surface area contributed by atoms with Crippen molar-refractivity contribution >= 4 is 38.6 Å². The van der Waals surface area contributed by atoms with Gasteiger partial charge in [-0.25, -0.2) is 4.79 Å². The van der Waals surface area contributed by atoms with Crippen LogP contribution in [0.15, 0.2) is 64.0 Å². The molecule has 0 heterocycles. The molecule has 0 aromatic heterocycles. The van der Waals surface area contributed by atoms with Crippen LogP contribution in [0.2, 0.25) is 0 Å². The monoisotopic (exact) mass is 423 g/mol. The molecule has 0 aliphatic carbocycles. The fourth-order valence-corrected chi connectivity index (χ4v) is 3.72. The Hall–Kier alpha value is -1.99. The van der Waals surface area contributed by atoms with Gasteiger partial charge in [0.15, 0.2) is 0 Å². The summed E-state index contributed by atoms with van der Waals surface area (Å²) < 4.78 is 17.8. The third-order valence-electron chi connectivity index (χ3n) is 3.48. The van der Waals surface area contributed by atoms with Crippen LogP contribution in [0.1, 0.15) is 16.8 Å². The third-order valence-corrected chi connectivity index (χ3v) is 5.37. The lowest BCUT2D eigenvalue weighted by Gasteiger charge is -2.16. The molecular formula is C18H18BrNO4S. The maximum absolute atomic E-state index is 12.3. The summed E-state index contributed by atoms with van der Waals surface area (Å²) in [4.78, 5) is 25.0. The van der Waals surface area contributed by atoms with Crippen LogP contribution in [-0.2, 0) is 20.3 Å². The Morgan fingerprint density at radius 2 is 1.88 bits per heavy atom. The van der Waals surface area contributed by atoms with Gasteiger partial charge in [-0.1, -0.05) is 40.2 Å². The van der Waals surface area contributed by atoms with Gasteiger partial charge in [0.1, 0.15) is 6.04 Å². The van der Waals surface area contributed by atoms with E-state index in [2.05, 4.69) is 21.2 Å². The van der Waals surface area contributed by atoms with Gasteiger partial charge in [0.05, 0.1) is 17.9 Å². The first-order chi connectivity index (χ1) is 12.0. The molecule has 5 nitrogen and oxygen atoms in total. The molecule has 0 bridgehead atoms. The number of carbonyl (C=O) groups is 2. The van der Waals surface area contributed by atoms with E-state index in [0.29, 0.717) is 10.5 Å². The second-order valence-electron chi connectivity index (χ2n) is 5.21. The fraction of sp³-hybridized carbons (Fsp3) is 0.222. The maximum Gasteiger partial charge on any atom is 0.328 e. The number of ether oxygens (including phenoxy) is 1. The van der Waals surface area contributed by atoms with E-state index in [0.717, 1.165) is 4.47 Å². The van der Waals surface area contributed by atoms with Crippen molar-refractivity contribution in [2.45, 2.75) is 17.4 Å². The van der Waals surface area contributed by atoms with Crippen molar-refractivity contribution in [3.8, 4) is 0 Å². The molecule has 0 aliphatic heterocycles. The number of benzene rings is 2. The van der Waals surface area contributed by atoms with E-state index in [1.165, 1.54) is 7.11 Å². The summed E-state index contributed by atoms with van der Waals surface area (Å²) in [5.74, 6) is -0.710. The molecule has 2 rings (SSSR count). The second kappa shape index (κ2) is 9.48. The molecule has 0 saturated carbocycles. The van der Waals surface area contributed by atoms with Crippen molar-refractivity contribution in [1.29, 1.82) is 0 Å². The predicted octanol–water partition coefficient (Wildman–Crippen LogP) is 2.92. The van der Waals surface area contributed by atoms with Crippen LogP contribution in [0, 0.1) is 0 Å². The number of amides is 1. The topological polar surface area (TPSA) is 72.5 Å². The lowest BCUT2D eigenvalue weighted by atomic mass is 10.1. The highest BCUT2D eigenvalue weighted by atomic mass is 79.9. The minimum absolute atomic E-state index is 0.216. The molecule has 2 aromatic carbocycles. The molecule has 25 heavy (non-hydrogen) atoms.